The van der Waals surface area contributed by atoms with E-state index in [0.29, 0.717) is 18.7 Å². The fourth-order valence-corrected chi connectivity index (χ4v) is 2.62. The quantitative estimate of drug-likeness (QED) is 0.816. The van der Waals surface area contributed by atoms with E-state index in [4.69, 9.17) is 10.5 Å². The summed E-state index contributed by atoms with van der Waals surface area (Å²) in [6.45, 7) is 3.66. The Balaban J connectivity index is 1.72. The van der Waals surface area contributed by atoms with Crippen molar-refractivity contribution in [2.24, 2.45) is 5.73 Å². The second-order valence-electron chi connectivity index (χ2n) is 4.19. The molecule has 5 heteroatoms. The van der Waals surface area contributed by atoms with Gasteiger partial charge in [-0.3, -0.25) is 0 Å². The molecule has 1 aromatic heterocycles. The fourth-order valence-electron chi connectivity index (χ4n) is 1.95. The van der Waals surface area contributed by atoms with Crippen molar-refractivity contribution in [1.29, 1.82) is 0 Å². The van der Waals surface area contributed by atoms with Crippen molar-refractivity contribution < 1.29 is 4.74 Å². The third-order valence-electron chi connectivity index (χ3n) is 2.93. The van der Waals surface area contributed by atoms with Crippen molar-refractivity contribution in [3.8, 4) is 0 Å². The molecule has 90 valence electrons. The highest BCUT2D eigenvalue weighted by Gasteiger charge is 2.24. The average Bonchev–Trinajstić information content (AvgIpc) is 2.96. The van der Waals surface area contributed by atoms with Gasteiger partial charge >= 0.3 is 0 Å². The minimum atomic E-state index is 0.266. The summed E-state index contributed by atoms with van der Waals surface area (Å²) < 4.78 is 5.77. The number of nitrogens with zero attached hydrogens (tertiary/aromatic N) is 1. The zero-order valence-corrected chi connectivity index (χ0v) is 10.4. The first kappa shape index (κ1) is 12.0. The van der Waals surface area contributed by atoms with Gasteiger partial charge in [0.1, 0.15) is 5.01 Å². The molecule has 0 spiro atoms. The fraction of sp³-hybridized carbons (Fsp3) is 0.727. The van der Waals surface area contributed by atoms with Crippen LogP contribution in [-0.2, 0) is 4.74 Å². The van der Waals surface area contributed by atoms with E-state index in [2.05, 4.69) is 17.2 Å². The number of thiazole rings is 1. The Morgan fingerprint density at radius 1 is 1.62 bits per heavy atom. The molecule has 1 aromatic rings. The van der Waals surface area contributed by atoms with Crippen molar-refractivity contribution in [2.45, 2.75) is 38.0 Å². The molecule has 3 unspecified atom stereocenters. The van der Waals surface area contributed by atoms with Crippen LogP contribution in [0.3, 0.4) is 0 Å². The van der Waals surface area contributed by atoms with E-state index in [9.17, 15) is 0 Å². The Kier molecular flexibility index (Phi) is 4.29. The lowest BCUT2D eigenvalue weighted by molar-refractivity contribution is 0.0492. The minimum absolute atomic E-state index is 0.266. The van der Waals surface area contributed by atoms with E-state index >= 15 is 0 Å². The van der Waals surface area contributed by atoms with Gasteiger partial charge in [-0.1, -0.05) is 0 Å². The standard InChI is InChI=1S/C11H19N3OS/c1-8(11-13-4-5-16-11)14-7-10-3-2-9(6-12)15-10/h4-5,8-10,14H,2-3,6-7,12H2,1H3. The summed E-state index contributed by atoms with van der Waals surface area (Å²) in [5.41, 5.74) is 5.58. The van der Waals surface area contributed by atoms with Gasteiger partial charge in [0.25, 0.3) is 0 Å². The lowest BCUT2D eigenvalue weighted by Gasteiger charge is -2.16. The summed E-state index contributed by atoms with van der Waals surface area (Å²) in [4.78, 5) is 4.29. The lowest BCUT2D eigenvalue weighted by Crippen LogP contribution is -2.30. The van der Waals surface area contributed by atoms with Crippen LogP contribution >= 0.6 is 11.3 Å². The zero-order valence-electron chi connectivity index (χ0n) is 9.56. The number of rotatable bonds is 5. The maximum atomic E-state index is 5.77. The first-order valence-corrected chi connectivity index (χ1v) is 6.66. The van der Waals surface area contributed by atoms with Crippen molar-refractivity contribution >= 4 is 11.3 Å². The zero-order chi connectivity index (χ0) is 11.4. The Bertz CT molecular complexity index is 304. The second kappa shape index (κ2) is 5.72. The summed E-state index contributed by atoms with van der Waals surface area (Å²) in [6, 6.07) is 0.306. The molecule has 0 radical (unpaired) electrons. The van der Waals surface area contributed by atoms with Crippen LogP contribution in [0.15, 0.2) is 11.6 Å². The summed E-state index contributed by atoms with van der Waals surface area (Å²) in [5, 5.41) is 6.59. The third kappa shape index (κ3) is 3.01. The maximum Gasteiger partial charge on any atom is 0.109 e. The topological polar surface area (TPSA) is 60.2 Å². The highest BCUT2D eigenvalue weighted by atomic mass is 32.1. The molecule has 1 fully saturated rings. The lowest BCUT2D eigenvalue weighted by atomic mass is 10.2. The van der Waals surface area contributed by atoms with Gasteiger partial charge in [-0.25, -0.2) is 4.98 Å². The number of ether oxygens (including phenoxy) is 1. The smallest absolute Gasteiger partial charge is 0.109 e. The van der Waals surface area contributed by atoms with E-state index < -0.39 is 0 Å². The maximum absolute atomic E-state index is 5.77. The first-order valence-electron chi connectivity index (χ1n) is 5.78. The van der Waals surface area contributed by atoms with E-state index in [1.54, 1.807) is 11.3 Å². The monoisotopic (exact) mass is 241 g/mol. The molecule has 1 saturated heterocycles. The van der Waals surface area contributed by atoms with E-state index in [1.807, 2.05) is 11.6 Å². The molecule has 0 amide bonds. The normalized spacial score (nSPS) is 27.1. The van der Waals surface area contributed by atoms with Crippen LogP contribution in [0.4, 0.5) is 0 Å². The Morgan fingerprint density at radius 2 is 2.44 bits per heavy atom. The van der Waals surface area contributed by atoms with Crippen molar-refractivity contribution in [3.63, 3.8) is 0 Å². The number of nitrogens with two attached hydrogens (primary N) is 1. The van der Waals surface area contributed by atoms with Crippen LogP contribution in [0.1, 0.15) is 30.8 Å². The van der Waals surface area contributed by atoms with Gasteiger partial charge in [0.05, 0.1) is 18.2 Å². The number of hydrogen-bond donors (Lipinski definition) is 2. The molecule has 16 heavy (non-hydrogen) atoms. The van der Waals surface area contributed by atoms with Crippen molar-refractivity contribution in [1.82, 2.24) is 10.3 Å². The van der Waals surface area contributed by atoms with Gasteiger partial charge in [0.15, 0.2) is 0 Å². The predicted octanol–water partition coefficient (Wildman–Crippen LogP) is 1.30. The van der Waals surface area contributed by atoms with Crippen molar-refractivity contribution in [3.05, 3.63) is 16.6 Å². The molecule has 1 aliphatic rings. The van der Waals surface area contributed by atoms with E-state index in [0.717, 1.165) is 24.4 Å². The SMILES string of the molecule is CC(NCC1CCC(CN)O1)c1nccs1. The van der Waals surface area contributed by atoms with Gasteiger partial charge in [-0.15, -0.1) is 11.3 Å². The van der Waals surface area contributed by atoms with E-state index in [-0.39, 0.29) is 6.10 Å². The van der Waals surface area contributed by atoms with Crippen LogP contribution in [0.5, 0.6) is 0 Å². The second-order valence-corrected chi connectivity index (χ2v) is 5.12. The van der Waals surface area contributed by atoms with Gasteiger partial charge in [-0.2, -0.15) is 0 Å². The highest BCUT2D eigenvalue weighted by molar-refractivity contribution is 7.09. The van der Waals surface area contributed by atoms with Crippen LogP contribution in [-0.4, -0.2) is 30.3 Å². The Labute approximate surface area is 100 Å². The van der Waals surface area contributed by atoms with Gasteiger partial charge in [0, 0.05) is 24.7 Å². The van der Waals surface area contributed by atoms with Gasteiger partial charge < -0.3 is 15.8 Å². The minimum Gasteiger partial charge on any atom is -0.372 e. The molecule has 0 bridgehead atoms. The number of hydrogen-bond acceptors (Lipinski definition) is 5. The van der Waals surface area contributed by atoms with Crippen LogP contribution in [0.25, 0.3) is 0 Å². The summed E-state index contributed by atoms with van der Waals surface area (Å²) in [6.07, 6.45) is 4.63. The molecule has 3 N–H and O–H groups in total. The Morgan fingerprint density at radius 3 is 3.06 bits per heavy atom. The van der Waals surface area contributed by atoms with Crippen LogP contribution < -0.4 is 11.1 Å². The molecule has 0 aromatic carbocycles. The molecule has 4 nitrogen and oxygen atoms in total. The molecule has 0 aliphatic carbocycles. The van der Waals surface area contributed by atoms with Gasteiger partial charge in [0.2, 0.25) is 0 Å². The molecule has 3 atom stereocenters. The predicted molar refractivity (Wildman–Crippen MR) is 65.5 cm³/mol. The van der Waals surface area contributed by atoms with E-state index in [1.165, 1.54) is 0 Å². The Hall–Kier alpha value is -0.490. The average molecular weight is 241 g/mol. The van der Waals surface area contributed by atoms with Gasteiger partial charge in [-0.05, 0) is 19.8 Å². The molecule has 2 heterocycles. The van der Waals surface area contributed by atoms with Crippen molar-refractivity contribution in [2.75, 3.05) is 13.1 Å². The first-order chi connectivity index (χ1) is 7.79. The molecule has 0 saturated carbocycles. The highest BCUT2D eigenvalue weighted by Crippen LogP contribution is 2.20. The summed E-state index contributed by atoms with van der Waals surface area (Å²) in [7, 11) is 0. The molecule has 1 aliphatic heterocycles. The number of aromatic nitrogens is 1. The molecule has 2 rings (SSSR count). The van der Waals surface area contributed by atoms with Crippen LogP contribution in [0.2, 0.25) is 0 Å². The summed E-state index contributed by atoms with van der Waals surface area (Å²) in [5.74, 6) is 0. The third-order valence-corrected chi connectivity index (χ3v) is 3.89. The summed E-state index contributed by atoms with van der Waals surface area (Å²) >= 11 is 1.68. The van der Waals surface area contributed by atoms with Crippen LogP contribution in [0, 0.1) is 0 Å². The molecular weight excluding hydrogens is 222 g/mol. The largest absolute Gasteiger partial charge is 0.372 e. The molecular formula is C11H19N3OS. The number of nitrogens with one attached hydrogen (secondary N) is 1.